The summed E-state index contributed by atoms with van der Waals surface area (Å²) in [4.78, 5) is 19.4. The second-order valence-electron chi connectivity index (χ2n) is 5.90. The van der Waals surface area contributed by atoms with Gasteiger partial charge in [-0.1, -0.05) is 12.1 Å². The third-order valence-electron chi connectivity index (χ3n) is 4.13. The summed E-state index contributed by atoms with van der Waals surface area (Å²) in [7, 11) is 3.56. The van der Waals surface area contributed by atoms with Crippen molar-refractivity contribution in [2.24, 2.45) is 7.05 Å². The molecule has 1 amide bonds. The summed E-state index contributed by atoms with van der Waals surface area (Å²) in [6, 6.07) is 9.26. The average Bonchev–Trinajstić information content (AvgIpc) is 3.17. The highest BCUT2D eigenvalue weighted by molar-refractivity contribution is 7.12. The van der Waals surface area contributed by atoms with Gasteiger partial charge in [-0.3, -0.25) is 4.79 Å². The van der Waals surface area contributed by atoms with Crippen LogP contribution in [-0.4, -0.2) is 22.6 Å². The lowest BCUT2D eigenvalue weighted by atomic mass is 10.0. The van der Waals surface area contributed by atoms with Crippen LogP contribution in [0.5, 0.6) is 5.75 Å². The van der Waals surface area contributed by atoms with E-state index in [1.54, 1.807) is 24.6 Å². The van der Waals surface area contributed by atoms with Gasteiger partial charge in [0, 0.05) is 29.2 Å². The molecule has 2 heterocycles. The summed E-state index contributed by atoms with van der Waals surface area (Å²) in [6.45, 7) is 3.98. The number of nitrogens with one attached hydrogen (secondary N) is 1. The molecule has 0 radical (unpaired) electrons. The number of aromatic nitrogens is 2. The second kappa shape index (κ2) is 7.11. The Morgan fingerprint density at radius 1 is 1.28 bits per heavy atom. The van der Waals surface area contributed by atoms with Gasteiger partial charge >= 0.3 is 0 Å². The Hall–Kier alpha value is -2.60. The first-order chi connectivity index (χ1) is 12.0. The van der Waals surface area contributed by atoms with Crippen LogP contribution in [0.15, 0.2) is 42.7 Å². The zero-order chi connectivity index (χ0) is 18.0. The maximum Gasteiger partial charge on any atom is 0.253 e. The van der Waals surface area contributed by atoms with E-state index in [1.807, 2.05) is 62.0 Å². The van der Waals surface area contributed by atoms with Gasteiger partial charge in [0.25, 0.3) is 5.91 Å². The minimum absolute atomic E-state index is 0.0920. The second-order valence-corrected chi connectivity index (χ2v) is 7.36. The number of imidazole rings is 1. The SMILES string of the molecule is COc1ccc(C(NC(=O)c2cc(C)sc2C)c2nccn2C)cc1. The van der Waals surface area contributed by atoms with Gasteiger partial charge < -0.3 is 14.6 Å². The van der Waals surface area contributed by atoms with E-state index in [4.69, 9.17) is 4.74 Å². The molecule has 25 heavy (non-hydrogen) atoms. The van der Waals surface area contributed by atoms with Crippen molar-refractivity contribution in [3.63, 3.8) is 0 Å². The first kappa shape index (κ1) is 17.2. The molecule has 6 heteroatoms. The maximum absolute atomic E-state index is 12.8. The molecule has 0 saturated carbocycles. The van der Waals surface area contributed by atoms with Crippen molar-refractivity contribution in [1.29, 1.82) is 0 Å². The van der Waals surface area contributed by atoms with Crippen LogP contribution < -0.4 is 10.1 Å². The lowest BCUT2D eigenvalue weighted by Crippen LogP contribution is -2.31. The van der Waals surface area contributed by atoms with Crippen molar-refractivity contribution in [3.8, 4) is 5.75 Å². The Kier molecular flexibility index (Phi) is 4.90. The molecule has 5 nitrogen and oxygen atoms in total. The van der Waals surface area contributed by atoms with Gasteiger partial charge in [-0.2, -0.15) is 0 Å². The summed E-state index contributed by atoms with van der Waals surface area (Å²) in [5.74, 6) is 1.46. The summed E-state index contributed by atoms with van der Waals surface area (Å²) in [5, 5.41) is 3.13. The van der Waals surface area contributed by atoms with Gasteiger partial charge in [-0.05, 0) is 37.6 Å². The molecule has 1 unspecified atom stereocenters. The van der Waals surface area contributed by atoms with E-state index >= 15 is 0 Å². The highest BCUT2D eigenvalue weighted by Crippen LogP contribution is 2.25. The lowest BCUT2D eigenvalue weighted by molar-refractivity contribution is 0.0941. The molecule has 0 bridgehead atoms. The number of nitrogens with zero attached hydrogens (tertiary/aromatic N) is 2. The van der Waals surface area contributed by atoms with Gasteiger partial charge in [0.15, 0.2) is 0 Å². The van der Waals surface area contributed by atoms with E-state index in [9.17, 15) is 4.79 Å². The maximum atomic E-state index is 12.8. The zero-order valence-electron chi connectivity index (χ0n) is 14.7. The van der Waals surface area contributed by atoms with E-state index in [2.05, 4.69) is 10.3 Å². The number of hydrogen-bond acceptors (Lipinski definition) is 4. The standard InChI is InChI=1S/C19H21N3O2S/c1-12-11-16(13(2)25-12)19(23)21-17(18-20-9-10-22(18)3)14-5-7-15(24-4)8-6-14/h5-11,17H,1-4H3,(H,21,23). The average molecular weight is 355 g/mol. The fourth-order valence-electron chi connectivity index (χ4n) is 2.81. The number of thiophene rings is 1. The first-order valence-corrected chi connectivity index (χ1v) is 8.80. The van der Waals surface area contributed by atoms with Gasteiger partial charge in [0.1, 0.15) is 17.6 Å². The lowest BCUT2D eigenvalue weighted by Gasteiger charge is -2.19. The van der Waals surface area contributed by atoms with Crippen LogP contribution in [0.4, 0.5) is 0 Å². The fourth-order valence-corrected chi connectivity index (χ4v) is 3.74. The number of benzene rings is 1. The van der Waals surface area contributed by atoms with Crippen LogP contribution in [0.1, 0.15) is 37.5 Å². The Balaban J connectivity index is 1.95. The molecular weight excluding hydrogens is 334 g/mol. The van der Waals surface area contributed by atoms with Crippen LogP contribution in [0.25, 0.3) is 0 Å². The molecule has 2 aromatic heterocycles. The number of amides is 1. The van der Waals surface area contributed by atoms with Crippen LogP contribution in [0.2, 0.25) is 0 Å². The van der Waals surface area contributed by atoms with Gasteiger partial charge in [-0.15, -0.1) is 11.3 Å². The molecule has 3 aromatic rings. The Morgan fingerprint density at radius 2 is 2.00 bits per heavy atom. The Bertz CT molecular complexity index is 880. The molecule has 0 fully saturated rings. The minimum Gasteiger partial charge on any atom is -0.497 e. The Morgan fingerprint density at radius 3 is 2.52 bits per heavy atom. The summed E-state index contributed by atoms with van der Waals surface area (Å²) >= 11 is 1.63. The van der Waals surface area contributed by atoms with Crippen molar-refractivity contribution in [1.82, 2.24) is 14.9 Å². The number of aryl methyl sites for hydroxylation is 3. The monoisotopic (exact) mass is 355 g/mol. The molecule has 3 rings (SSSR count). The summed E-state index contributed by atoms with van der Waals surface area (Å²) in [6.07, 6.45) is 3.61. The first-order valence-electron chi connectivity index (χ1n) is 7.98. The fraction of sp³-hybridized carbons (Fsp3) is 0.263. The molecular formula is C19H21N3O2S. The van der Waals surface area contributed by atoms with Crippen molar-refractivity contribution < 1.29 is 9.53 Å². The van der Waals surface area contributed by atoms with E-state index in [-0.39, 0.29) is 11.9 Å². The van der Waals surface area contributed by atoms with E-state index in [0.29, 0.717) is 0 Å². The molecule has 0 saturated heterocycles. The largest absolute Gasteiger partial charge is 0.497 e. The van der Waals surface area contributed by atoms with Crippen molar-refractivity contribution in [2.75, 3.05) is 7.11 Å². The number of hydrogen-bond donors (Lipinski definition) is 1. The topological polar surface area (TPSA) is 56.1 Å². The Labute approximate surface area is 151 Å². The number of carbonyl (C=O) groups excluding carboxylic acids is 1. The number of ether oxygens (including phenoxy) is 1. The molecule has 1 N–H and O–H groups in total. The quantitative estimate of drug-likeness (QED) is 0.760. The zero-order valence-corrected chi connectivity index (χ0v) is 15.6. The molecule has 0 aliphatic carbocycles. The highest BCUT2D eigenvalue weighted by Gasteiger charge is 2.23. The summed E-state index contributed by atoms with van der Waals surface area (Å²) in [5.41, 5.74) is 1.67. The van der Waals surface area contributed by atoms with Crippen LogP contribution >= 0.6 is 11.3 Å². The smallest absolute Gasteiger partial charge is 0.253 e. The van der Waals surface area contributed by atoms with Crippen molar-refractivity contribution >= 4 is 17.2 Å². The predicted octanol–water partition coefficient (Wildman–Crippen LogP) is 3.63. The molecule has 0 aliphatic rings. The van der Waals surface area contributed by atoms with Crippen LogP contribution in [0, 0.1) is 13.8 Å². The van der Waals surface area contributed by atoms with E-state index in [0.717, 1.165) is 32.5 Å². The molecule has 130 valence electrons. The molecule has 1 aromatic carbocycles. The third-order valence-corrected chi connectivity index (χ3v) is 5.09. The molecule has 0 aliphatic heterocycles. The van der Waals surface area contributed by atoms with Gasteiger partial charge in [0.2, 0.25) is 0 Å². The van der Waals surface area contributed by atoms with Crippen LogP contribution in [-0.2, 0) is 7.05 Å². The predicted molar refractivity (Wildman–Crippen MR) is 99.3 cm³/mol. The number of methoxy groups -OCH3 is 1. The van der Waals surface area contributed by atoms with Crippen molar-refractivity contribution in [2.45, 2.75) is 19.9 Å². The highest BCUT2D eigenvalue weighted by atomic mass is 32.1. The van der Waals surface area contributed by atoms with Gasteiger partial charge in [0.05, 0.1) is 12.7 Å². The number of rotatable bonds is 5. The van der Waals surface area contributed by atoms with Crippen LogP contribution in [0.3, 0.4) is 0 Å². The molecule has 1 atom stereocenters. The normalized spacial score (nSPS) is 12.0. The number of carbonyl (C=O) groups is 1. The van der Waals surface area contributed by atoms with E-state index in [1.165, 1.54) is 0 Å². The molecule has 0 spiro atoms. The van der Waals surface area contributed by atoms with E-state index < -0.39 is 0 Å². The third kappa shape index (κ3) is 3.58. The minimum atomic E-state index is -0.335. The van der Waals surface area contributed by atoms with Gasteiger partial charge in [-0.25, -0.2) is 4.98 Å². The van der Waals surface area contributed by atoms with Crippen molar-refractivity contribution in [3.05, 3.63) is 69.4 Å². The summed E-state index contributed by atoms with van der Waals surface area (Å²) < 4.78 is 7.14.